The maximum Gasteiger partial charge on any atom is 1.00 e. The van der Waals surface area contributed by atoms with Crippen molar-refractivity contribution in [2.45, 2.75) is 0 Å². The summed E-state index contributed by atoms with van der Waals surface area (Å²) in [6, 6.07) is 0. The first kappa shape index (κ1) is 130. The van der Waals surface area contributed by atoms with Gasteiger partial charge in [-0.25, -0.2) is 0 Å². The minimum absolute atomic E-state index is 0. The van der Waals surface area contributed by atoms with E-state index in [4.69, 9.17) is 0 Å². The summed E-state index contributed by atoms with van der Waals surface area (Å²) >= 11 is 0. The standard InChI is InChI=1S/2Li.Mn.3H2O.2H/h;;;3*1H2;;/q2*+1;;;;;2*-1. The van der Waals surface area contributed by atoms with Gasteiger partial charge in [-0.2, -0.15) is 0 Å². The molecule has 6 heavy (non-hydrogen) atoms. The average molecular weight is 125 g/mol. The van der Waals surface area contributed by atoms with Crippen LogP contribution in [0, 0.1) is 0 Å². The van der Waals surface area contributed by atoms with E-state index < -0.39 is 0 Å². The zero-order valence-electron chi connectivity index (χ0n) is 5.88. The molecule has 0 aromatic heterocycles. The van der Waals surface area contributed by atoms with Gasteiger partial charge >= 0.3 is 37.7 Å². The van der Waals surface area contributed by atoms with E-state index in [2.05, 4.69) is 0 Å². The summed E-state index contributed by atoms with van der Waals surface area (Å²) in [6.07, 6.45) is 0. The van der Waals surface area contributed by atoms with E-state index in [1.807, 2.05) is 0 Å². The molecule has 3 nitrogen and oxygen atoms in total. The summed E-state index contributed by atoms with van der Waals surface area (Å²) in [7, 11) is 0. The van der Waals surface area contributed by atoms with Gasteiger partial charge in [0.25, 0.3) is 0 Å². The molecule has 0 amide bonds. The molecule has 0 bridgehead atoms. The third kappa shape index (κ3) is 46.5. The predicted molar refractivity (Wildman–Crippen MR) is 13.1 cm³/mol. The van der Waals surface area contributed by atoms with Gasteiger partial charge in [0.15, 0.2) is 0 Å². The maximum atomic E-state index is 0. The monoisotopic (exact) mass is 125 g/mol. The Morgan fingerprint density at radius 2 is 0.667 bits per heavy atom. The summed E-state index contributed by atoms with van der Waals surface area (Å²) in [6.45, 7) is 0. The SMILES string of the molecule is O.O.O.[H-].[H-].[Li+].[Li+].[Mn]. The summed E-state index contributed by atoms with van der Waals surface area (Å²) in [5, 5.41) is 0. The van der Waals surface area contributed by atoms with Crippen molar-refractivity contribution in [1.82, 2.24) is 0 Å². The largest absolute Gasteiger partial charge is 1.00 e. The second kappa shape index (κ2) is 81.2. The van der Waals surface area contributed by atoms with E-state index in [-0.39, 0.29) is 74.1 Å². The van der Waals surface area contributed by atoms with Gasteiger partial charge in [0.2, 0.25) is 0 Å². The molecule has 0 heterocycles. The van der Waals surface area contributed by atoms with E-state index in [0.717, 1.165) is 0 Å². The summed E-state index contributed by atoms with van der Waals surface area (Å²) in [4.78, 5) is 0. The molecule has 0 aliphatic rings. The fourth-order valence-corrected chi connectivity index (χ4v) is 0. The van der Waals surface area contributed by atoms with Crippen LogP contribution in [0.2, 0.25) is 0 Å². The minimum Gasteiger partial charge on any atom is -1.00 e. The van der Waals surface area contributed by atoms with Crippen molar-refractivity contribution in [2.75, 3.05) is 0 Å². The van der Waals surface area contributed by atoms with Crippen LogP contribution in [0.15, 0.2) is 0 Å². The third-order valence-electron chi connectivity index (χ3n) is 0. The van der Waals surface area contributed by atoms with Crippen molar-refractivity contribution in [3.05, 3.63) is 0 Å². The van der Waals surface area contributed by atoms with Gasteiger partial charge in [0.1, 0.15) is 0 Å². The van der Waals surface area contributed by atoms with Gasteiger partial charge < -0.3 is 19.3 Å². The van der Waals surface area contributed by atoms with Crippen molar-refractivity contribution in [2.24, 2.45) is 0 Å². The molecule has 0 unspecified atom stereocenters. The van der Waals surface area contributed by atoms with Gasteiger partial charge in [0.05, 0.1) is 0 Å². The first-order chi connectivity index (χ1) is 0. The molecule has 35 valence electrons. The Morgan fingerprint density at radius 3 is 0.667 bits per heavy atom. The van der Waals surface area contributed by atoms with Crippen LogP contribution in [0.1, 0.15) is 2.85 Å². The number of hydrogen-bond acceptors (Lipinski definition) is 0. The number of rotatable bonds is 0. The Morgan fingerprint density at radius 1 is 0.667 bits per heavy atom. The van der Waals surface area contributed by atoms with E-state index in [1.165, 1.54) is 0 Å². The van der Waals surface area contributed by atoms with Gasteiger partial charge in [-0.3, -0.25) is 0 Å². The second-order valence-electron chi connectivity index (χ2n) is 0. The zero-order valence-corrected chi connectivity index (χ0v) is 5.06. The minimum atomic E-state index is 0. The van der Waals surface area contributed by atoms with E-state index in [9.17, 15) is 0 Å². The summed E-state index contributed by atoms with van der Waals surface area (Å²) < 4.78 is 0. The second-order valence-corrected chi connectivity index (χ2v) is 0. The van der Waals surface area contributed by atoms with Gasteiger partial charge in [0, 0.05) is 17.1 Å². The zero-order chi connectivity index (χ0) is 0. The van der Waals surface area contributed by atoms with Crippen LogP contribution in [0.25, 0.3) is 0 Å². The molecule has 6 heteroatoms. The van der Waals surface area contributed by atoms with Gasteiger partial charge in [-0.05, 0) is 0 Å². The van der Waals surface area contributed by atoms with Gasteiger partial charge in [-0.15, -0.1) is 0 Å². The molecule has 0 aliphatic heterocycles. The Balaban J connectivity index is 0. The molecule has 0 atom stereocenters. The molecule has 6 N–H and O–H groups in total. The molecule has 0 spiro atoms. The topological polar surface area (TPSA) is 94.5 Å². The average Bonchev–Trinajstić information content (AvgIpc) is 0. The van der Waals surface area contributed by atoms with Crippen LogP contribution in [-0.2, 0) is 17.1 Å². The third-order valence-corrected chi connectivity index (χ3v) is 0. The fraction of sp³-hybridized carbons (Fsp3) is 0. The van der Waals surface area contributed by atoms with Crippen molar-refractivity contribution in [1.29, 1.82) is 0 Å². The van der Waals surface area contributed by atoms with Crippen molar-refractivity contribution in [3.8, 4) is 0 Å². The van der Waals surface area contributed by atoms with Crippen molar-refractivity contribution >= 4 is 0 Å². The molecule has 0 saturated heterocycles. The smallest absolute Gasteiger partial charge is 1.00 e. The first-order valence-corrected chi connectivity index (χ1v) is 0. The summed E-state index contributed by atoms with van der Waals surface area (Å²) in [5.41, 5.74) is 0. The maximum absolute atomic E-state index is 0. The van der Waals surface area contributed by atoms with Crippen molar-refractivity contribution < 1.29 is 74.1 Å². The molecule has 0 saturated carbocycles. The molecular formula is H8Li2MnO3. The Hall–Kier alpha value is 1.59. The van der Waals surface area contributed by atoms with Crippen molar-refractivity contribution in [3.63, 3.8) is 0 Å². The molecule has 0 fully saturated rings. The Bertz CT molecular complexity index is 15.2. The van der Waals surface area contributed by atoms with E-state index in [0.29, 0.717) is 0 Å². The molecule has 0 aromatic rings. The Labute approximate surface area is 74.0 Å². The van der Waals surface area contributed by atoms with Gasteiger partial charge in [-0.1, -0.05) is 0 Å². The quantitative estimate of drug-likeness (QED) is 0.287. The van der Waals surface area contributed by atoms with Crippen LogP contribution in [0.3, 0.4) is 0 Å². The molecular weight excluding hydrogens is 117 g/mol. The van der Waals surface area contributed by atoms with Crippen LogP contribution in [-0.4, -0.2) is 16.4 Å². The summed E-state index contributed by atoms with van der Waals surface area (Å²) in [5.74, 6) is 0. The van der Waals surface area contributed by atoms with Crippen LogP contribution >= 0.6 is 0 Å². The van der Waals surface area contributed by atoms with E-state index in [1.54, 1.807) is 0 Å². The van der Waals surface area contributed by atoms with Crippen LogP contribution in [0.5, 0.6) is 0 Å². The fourth-order valence-electron chi connectivity index (χ4n) is 0. The molecule has 0 aliphatic carbocycles. The molecule has 0 rings (SSSR count). The van der Waals surface area contributed by atoms with Crippen LogP contribution in [0.4, 0.5) is 0 Å². The molecule has 1 radical (unpaired) electrons. The Kier molecular flexibility index (Phi) is 1760. The van der Waals surface area contributed by atoms with Crippen LogP contribution < -0.4 is 37.7 Å². The predicted octanol–water partition coefficient (Wildman–Crippen LogP) is -8.24. The normalized spacial score (nSPS) is 0. The van der Waals surface area contributed by atoms with E-state index >= 15 is 0 Å². The number of hydrogen-bond donors (Lipinski definition) is 0. The molecule has 0 aromatic carbocycles. The first-order valence-electron chi connectivity index (χ1n) is 0.